The van der Waals surface area contributed by atoms with Crippen LogP contribution >= 0.6 is 0 Å². The predicted octanol–water partition coefficient (Wildman–Crippen LogP) is 1.12. The third-order valence-electron chi connectivity index (χ3n) is 3.70. The molecule has 5 nitrogen and oxygen atoms in total. The monoisotopic (exact) mass is 259 g/mol. The van der Waals surface area contributed by atoms with Gasteiger partial charge in [0.15, 0.2) is 0 Å². The van der Waals surface area contributed by atoms with Gasteiger partial charge < -0.3 is 16.0 Å². The van der Waals surface area contributed by atoms with Gasteiger partial charge in [0, 0.05) is 24.3 Å². The van der Waals surface area contributed by atoms with Crippen molar-refractivity contribution in [2.45, 2.75) is 19.3 Å². The Morgan fingerprint density at radius 3 is 3.00 bits per heavy atom. The van der Waals surface area contributed by atoms with Gasteiger partial charge in [0.2, 0.25) is 11.8 Å². The molecule has 1 saturated heterocycles. The molecule has 19 heavy (non-hydrogen) atoms. The molecule has 0 aliphatic carbocycles. The molecule has 2 heterocycles. The number of carbonyl (C=O) groups excluding carboxylic acids is 2. The van der Waals surface area contributed by atoms with E-state index < -0.39 is 0 Å². The maximum atomic E-state index is 12.0. The fourth-order valence-electron chi connectivity index (χ4n) is 2.58. The van der Waals surface area contributed by atoms with E-state index >= 15 is 0 Å². The summed E-state index contributed by atoms with van der Waals surface area (Å²) in [6, 6.07) is 5.65. The number of anilines is 2. The number of benzene rings is 1. The van der Waals surface area contributed by atoms with Crippen LogP contribution < -0.4 is 16.0 Å². The van der Waals surface area contributed by atoms with Crippen molar-refractivity contribution in [2.75, 3.05) is 23.7 Å². The zero-order chi connectivity index (χ0) is 13.2. The molecule has 0 spiro atoms. The Hall–Kier alpha value is -1.88. The average Bonchev–Trinajstić information content (AvgIpc) is 2.93. The number of fused-ring (bicyclic) bond motifs is 1. The summed E-state index contributed by atoms with van der Waals surface area (Å²) in [7, 11) is 0. The van der Waals surface area contributed by atoms with E-state index in [4.69, 9.17) is 0 Å². The van der Waals surface area contributed by atoms with E-state index in [-0.39, 0.29) is 17.7 Å². The summed E-state index contributed by atoms with van der Waals surface area (Å²) in [6.07, 6.45) is 2.14. The summed E-state index contributed by atoms with van der Waals surface area (Å²) in [5.74, 6) is 0.196. The smallest absolute Gasteiger partial charge is 0.228 e. The molecule has 2 aliphatic heterocycles. The number of nitrogens with one attached hydrogen (secondary N) is 3. The van der Waals surface area contributed by atoms with Crippen LogP contribution in [0.5, 0.6) is 0 Å². The topological polar surface area (TPSA) is 70.2 Å². The van der Waals surface area contributed by atoms with Crippen LogP contribution in [0.15, 0.2) is 18.2 Å². The lowest BCUT2D eigenvalue weighted by Crippen LogP contribution is -2.25. The van der Waals surface area contributed by atoms with E-state index in [0.717, 1.165) is 42.9 Å². The molecule has 1 aromatic carbocycles. The Labute approximate surface area is 111 Å². The van der Waals surface area contributed by atoms with E-state index in [1.54, 1.807) is 0 Å². The summed E-state index contributed by atoms with van der Waals surface area (Å²) in [6.45, 7) is 1.67. The molecule has 1 unspecified atom stereocenters. The van der Waals surface area contributed by atoms with Crippen molar-refractivity contribution in [3.05, 3.63) is 23.8 Å². The molecule has 100 valence electrons. The third-order valence-corrected chi connectivity index (χ3v) is 3.70. The van der Waals surface area contributed by atoms with Crippen molar-refractivity contribution in [3.63, 3.8) is 0 Å². The molecule has 0 saturated carbocycles. The summed E-state index contributed by atoms with van der Waals surface area (Å²) >= 11 is 0. The first-order valence-corrected chi connectivity index (χ1v) is 6.67. The van der Waals surface area contributed by atoms with Gasteiger partial charge in [0.05, 0.1) is 5.92 Å². The van der Waals surface area contributed by atoms with Crippen LogP contribution in [0.2, 0.25) is 0 Å². The lowest BCUT2D eigenvalue weighted by molar-refractivity contribution is -0.119. The highest BCUT2D eigenvalue weighted by atomic mass is 16.2. The van der Waals surface area contributed by atoms with Crippen molar-refractivity contribution in [3.8, 4) is 0 Å². The Morgan fingerprint density at radius 2 is 2.21 bits per heavy atom. The molecule has 1 fully saturated rings. The average molecular weight is 259 g/mol. The van der Waals surface area contributed by atoms with Crippen LogP contribution in [-0.2, 0) is 16.0 Å². The van der Waals surface area contributed by atoms with Crippen molar-refractivity contribution in [1.29, 1.82) is 0 Å². The Bertz CT molecular complexity index is 521. The molecule has 0 aromatic heterocycles. The first-order chi connectivity index (χ1) is 9.22. The van der Waals surface area contributed by atoms with Crippen LogP contribution in [0.3, 0.4) is 0 Å². The van der Waals surface area contributed by atoms with Gasteiger partial charge in [-0.2, -0.15) is 0 Å². The highest BCUT2D eigenvalue weighted by Gasteiger charge is 2.22. The lowest BCUT2D eigenvalue weighted by atomic mass is 10.0. The number of hydrogen-bond acceptors (Lipinski definition) is 3. The molecule has 3 rings (SSSR count). The Balaban J connectivity index is 1.71. The number of hydrogen-bond donors (Lipinski definition) is 3. The molecular formula is C14H17N3O2. The van der Waals surface area contributed by atoms with E-state index in [2.05, 4.69) is 16.0 Å². The molecule has 2 aliphatic rings. The molecule has 1 aromatic rings. The quantitative estimate of drug-likeness (QED) is 0.745. The molecule has 0 radical (unpaired) electrons. The van der Waals surface area contributed by atoms with Crippen molar-refractivity contribution in [1.82, 2.24) is 5.32 Å². The fourth-order valence-corrected chi connectivity index (χ4v) is 2.58. The van der Waals surface area contributed by atoms with Crippen LogP contribution in [0.25, 0.3) is 0 Å². The minimum Gasteiger partial charge on any atom is -0.326 e. The minimum absolute atomic E-state index is 0.0568. The van der Waals surface area contributed by atoms with E-state index in [1.807, 2.05) is 18.2 Å². The second-order valence-electron chi connectivity index (χ2n) is 5.10. The Kier molecular flexibility index (Phi) is 3.21. The third kappa shape index (κ3) is 2.61. The van der Waals surface area contributed by atoms with Crippen LogP contribution in [-0.4, -0.2) is 24.9 Å². The van der Waals surface area contributed by atoms with Gasteiger partial charge in [0.25, 0.3) is 0 Å². The summed E-state index contributed by atoms with van der Waals surface area (Å²) in [4.78, 5) is 23.3. The molecule has 5 heteroatoms. The number of rotatable bonds is 2. The van der Waals surface area contributed by atoms with Crippen LogP contribution in [0.4, 0.5) is 11.4 Å². The second kappa shape index (κ2) is 5.01. The van der Waals surface area contributed by atoms with Gasteiger partial charge in [0.1, 0.15) is 0 Å². The minimum atomic E-state index is 0.0568. The molecule has 2 amide bonds. The molecule has 3 N–H and O–H groups in total. The van der Waals surface area contributed by atoms with Crippen LogP contribution in [0.1, 0.15) is 18.4 Å². The molecule has 1 atom stereocenters. The van der Waals surface area contributed by atoms with E-state index in [9.17, 15) is 9.59 Å². The van der Waals surface area contributed by atoms with Gasteiger partial charge in [-0.3, -0.25) is 9.59 Å². The lowest BCUT2D eigenvalue weighted by Gasteiger charge is -2.18. The summed E-state index contributed by atoms with van der Waals surface area (Å²) < 4.78 is 0. The fraction of sp³-hybridized carbons (Fsp3) is 0.429. The predicted molar refractivity (Wildman–Crippen MR) is 73.0 cm³/mol. The first-order valence-electron chi connectivity index (χ1n) is 6.67. The molecule has 0 bridgehead atoms. The largest absolute Gasteiger partial charge is 0.326 e. The highest BCUT2D eigenvalue weighted by Crippen LogP contribution is 2.26. The number of carbonyl (C=O) groups is 2. The maximum absolute atomic E-state index is 12.0. The Morgan fingerprint density at radius 1 is 1.32 bits per heavy atom. The van der Waals surface area contributed by atoms with E-state index in [0.29, 0.717) is 6.42 Å². The SMILES string of the molecule is O=C1CCc2cc(NC(=O)C3CCNC3)ccc2N1. The second-order valence-corrected chi connectivity index (χ2v) is 5.10. The zero-order valence-corrected chi connectivity index (χ0v) is 10.7. The van der Waals surface area contributed by atoms with Crippen molar-refractivity contribution in [2.24, 2.45) is 5.92 Å². The highest BCUT2D eigenvalue weighted by molar-refractivity contribution is 5.96. The van der Waals surface area contributed by atoms with E-state index in [1.165, 1.54) is 0 Å². The van der Waals surface area contributed by atoms with Gasteiger partial charge in [-0.25, -0.2) is 0 Å². The molecular weight excluding hydrogens is 242 g/mol. The summed E-state index contributed by atoms with van der Waals surface area (Å²) in [5.41, 5.74) is 2.76. The maximum Gasteiger partial charge on any atom is 0.228 e. The zero-order valence-electron chi connectivity index (χ0n) is 10.7. The standard InChI is InChI=1S/C14H17N3O2/c18-13-4-1-9-7-11(2-3-12(9)17-13)16-14(19)10-5-6-15-8-10/h2-3,7,10,15H,1,4-6,8H2,(H,16,19)(H,17,18). The van der Waals surface area contributed by atoms with Crippen molar-refractivity contribution >= 4 is 23.2 Å². The van der Waals surface area contributed by atoms with Crippen molar-refractivity contribution < 1.29 is 9.59 Å². The summed E-state index contributed by atoms with van der Waals surface area (Å²) in [5, 5.41) is 8.97. The number of amides is 2. The van der Waals surface area contributed by atoms with Gasteiger partial charge in [-0.05, 0) is 43.1 Å². The normalized spacial score (nSPS) is 21.7. The van der Waals surface area contributed by atoms with Gasteiger partial charge >= 0.3 is 0 Å². The first kappa shape index (κ1) is 12.2. The number of aryl methyl sites for hydroxylation is 1. The van der Waals surface area contributed by atoms with Gasteiger partial charge in [-0.15, -0.1) is 0 Å². The van der Waals surface area contributed by atoms with Crippen LogP contribution in [0, 0.1) is 5.92 Å². The van der Waals surface area contributed by atoms with Gasteiger partial charge in [-0.1, -0.05) is 0 Å².